The van der Waals surface area contributed by atoms with Gasteiger partial charge in [0.2, 0.25) is 0 Å². The summed E-state index contributed by atoms with van der Waals surface area (Å²) in [6.45, 7) is 5.75. The van der Waals surface area contributed by atoms with E-state index in [0.717, 1.165) is 23.4 Å². The van der Waals surface area contributed by atoms with Crippen molar-refractivity contribution < 1.29 is 4.39 Å². The van der Waals surface area contributed by atoms with Gasteiger partial charge in [0.25, 0.3) is 0 Å². The number of benzene rings is 1. The van der Waals surface area contributed by atoms with Gasteiger partial charge in [0.1, 0.15) is 23.3 Å². The SMILES string of the molecule is Cc1nc(N)c(C)c(NC(C)Cc2ccc(F)cc2)n1. The lowest BCUT2D eigenvalue weighted by atomic mass is 10.1. The Kier molecular flexibility index (Phi) is 4.17. The third-order valence-electron chi connectivity index (χ3n) is 3.13. The van der Waals surface area contributed by atoms with E-state index in [4.69, 9.17) is 5.73 Å². The summed E-state index contributed by atoms with van der Waals surface area (Å²) in [4.78, 5) is 8.49. The molecule has 1 aromatic carbocycles. The Morgan fingerprint density at radius 1 is 1.20 bits per heavy atom. The van der Waals surface area contributed by atoms with Gasteiger partial charge in [-0.1, -0.05) is 12.1 Å². The molecule has 3 N–H and O–H groups in total. The predicted octanol–water partition coefficient (Wildman–Crippen LogP) is 2.86. The Labute approximate surface area is 118 Å². The van der Waals surface area contributed by atoms with Crippen LogP contribution >= 0.6 is 0 Å². The van der Waals surface area contributed by atoms with Gasteiger partial charge in [0, 0.05) is 11.6 Å². The van der Waals surface area contributed by atoms with Crippen molar-refractivity contribution in [2.75, 3.05) is 11.1 Å². The zero-order valence-corrected chi connectivity index (χ0v) is 11.9. The number of nitrogens with zero attached hydrogens (tertiary/aromatic N) is 2. The number of nitrogen functional groups attached to an aromatic ring is 1. The molecule has 0 aliphatic heterocycles. The Morgan fingerprint density at radius 3 is 2.50 bits per heavy atom. The van der Waals surface area contributed by atoms with Gasteiger partial charge >= 0.3 is 0 Å². The van der Waals surface area contributed by atoms with Crippen LogP contribution < -0.4 is 11.1 Å². The molecule has 0 radical (unpaired) electrons. The summed E-state index contributed by atoms with van der Waals surface area (Å²) in [6.07, 6.45) is 0.780. The van der Waals surface area contributed by atoms with Crippen molar-refractivity contribution in [1.29, 1.82) is 0 Å². The summed E-state index contributed by atoms with van der Waals surface area (Å²) in [7, 11) is 0. The maximum absolute atomic E-state index is 12.9. The van der Waals surface area contributed by atoms with E-state index in [9.17, 15) is 4.39 Å². The molecule has 0 saturated heterocycles. The minimum Gasteiger partial charge on any atom is -0.383 e. The highest BCUT2D eigenvalue weighted by atomic mass is 19.1. The number of rotatable bonds is 4. The predicted molar refractivity (Wildman–Crippen MR) is 79.1 cm³/mol. The van der Waals surface area contributed by atoms with Crippen LogP contribution in [0.4, 0.5) is 16.0 Å². The van der Waals surface area contributed by atoms with Gasteiger partial charge in [-0.15, -0.1) is 0 Å². The van der Waals surface area contributed by atoms with Crippen molar-refractivity contribution in [3.8, 4) is 0 Å². The first-order chi connectivity index (χ1) is 9.45. The van der Waals surface area contributed by atoms with E-state index in [-0.39, 0.29) is 11.9 Å². The van der Waals surface area contributed by atoms with Crippen molar-refractivity contribution in [3.63, 3.8) is 0 Å². The summed E-state index contributed by atoms with van der Waals surface area (Å²) >= 11 is 0. The van der Waals surface area contributed by atoms with E-state index in [1.54, 1.807) is 12.1 Å². The second kappa shape index (κ2) is 5.86. The molecule has 0 aliphatic rings. The van der Waals surface area contributed by atoms with Crippen LogP contribution in [0.2, 0.25) is 0 Å². The Balaban J connectivity index is 2.08. The van der Waals surface area contributed by atoms with Crippen LogP contribution in [0.15, 0.2) is 24.3 Å². The van der Waals surface area contributed by atoms with Gasteiger partial charge in [0.05, 0.1) is 0 Å². The lowest BCUT2D eigenvalue weighted by molar-refractivity contribution is 0.626. The molecule has 0 bridgehead atoms. The second-order valence-corrected chi connectivity index (χ2v) is 5.01. The molecule has 1 unspecified atom stereocenters. The highest BCUT2D eigenvalue weighted by Gasteiger charge is 2.10. The maximum atomic E-state index is 12.9. The monoisotopic (exact) mass is 274 g/mol. The molecular formula is C15H19FN4. The van der Waals surface area contributed by atoms with Crippen molar-refractivity contribution in [3.05, 3.63) is 47.0 Å². The molecule has 2 aromatic rings. The fourth-order valence-electron chi connectivity index (χ4n) is 2.05. The Hall–Kier alpha value is -2.17. The van der Waals surface area contributed by atoms with Crippen LogP contribution in [0.25, 0.3) is 0 Å². The molecule has 0 saturated carbocycles. The average molecular weight is 274 g/mol. The molecular weight excluding hydrogens is 255 g/mol. The zero-order chi connectivity index (χ0) is 14.7. The lowest BCUT2D eigenvalue weighted by Gasteiger charge is -2.17. The number of aryl methyl sites for hydroxylation is 1. The van der Waals surface area contributed by atoms with Crippen LogP contribution in [-0.2, 0) is 6.42 Å². The number of halogens is 1. The van der Waals surface area contributed by atoms with Gasteiger partial charge in [0.15, 0.2) is 0 Å². The molecule has 0 spiro atoms. The molecule has 0 fully saturated rings. The topological polar surface area (TPSA) is 63.8 Å². The van der Waals surface area contributed by atoms with Gasteiger partial charge in [-0.2, -0.15) is 0 Å². The number of anilines is 2. The average Bonchev–Trinajstić information content (AvgIpc) is 2.38. The molecule has 106 valence electrons. The van der Waals surface area contributed by atoms with Gasteiger partial charge < -0.3 is 11.1 Å². The quantitative estimate of drug-likeness (QED) is 0.900. The molecule has 4 nitrogen and oxygen atoms in total. The smallest absolute Gasteiger partial charge is 0.134 e. The number of nitrogens with one attached hydrogen (secondary N) is 1. The first-order valence-electron chi connectivity index (χ1n) is 6.57. The van der Waals surface area contributed by atoms with Crippen molar-refractivity contribution in [2.45, 2.75) is 33.2 Å². The van der Waals surface area contributed by atoms with E-state index in [1.807, 2.05) is 13.8 Å². The van der Waals surface area contributed by atoms with Crippen LogP contribution in [0.3, 0.4) is 0 Å². The molecule has 1 heterocycles. The number of aromatic nitrogens is 2. The molecule has 1 aromatic heterocycles. The van der Waals surface area contributed by atoms with Crippen LogP contribution in [0.5, 0.6) is 0 Å². The first kappa shape index (κ1) is 14.2. The third-order valence-corrected chi connectivity index (χ3v) is 3.13. The number of hydrogen-bond donors (Lipinski definition) is 2. The Morgan fingerprint density at radius 2 is 1.85 bits per heavy atom. The fraction of sp³-hybridized carbons (Fsp3) is 0.333. The summed E-state index contributed by atoms with van der Waals surface area (Å²) in [5, 5.41) is 3.33. The van der Waals surface area contributed by atoms with Crippen LogP contribution in [0.1, 0.15) is 23.9 Å². The summed E-state index contributed by atoms with van der Waals surface area (Å²) in [5.41, 5.74) is 7.75. The molecule has 5 heteroatoms. The van der Waals surface area contributed by atoms with Crippen molar-refractivity contribution in [2.24, 2.45) is 0 Å². The largest absolute Gasteiger partial charge is 0.383 e. The first-order valence-corrected chi connectivity index (χ1v) is 6.57. The third kappa shape index (κ3) is 3.44. The highest BCUT2D eigenvalue weighted by molar-refractivity contribution is 5.55. The molecule has 0 amide bonds. The zero-order valence-electron chi connectivity index (χ0n) is 11.9. The minimum atomic E-state index is -0.218. The number of hydrogen-bond acceptors (Lipinski definition) is 4. The highest BCUT2D eigenvalue weighted by Crippen LogP contribution is 2.18. The van der Waals surface area contributed by atoms with Gasteiger partial charge in [-0.25, -0.2) is 14.4 Å². The van der Waals surface area contributed by atoms with Crippen molar-refractivity contribution in [1.82, 2.24) is 9.97 Å². The summed E-state index contributed by atoms with van der Waals surface area (Å²) < 4.78 is 12.9. The minimum absolute atomic E-state index is 0.160. The standard InChI is InChI=1S/C15H19FN4/c1-9(8-12-4-6-13(16)7-5-12)18-15-10(2)14(17)19-11(3)20-15/h4-7,9H,8H2,1-3H3,(H3,17,18,19,20). The lowest BCUT2D eigenvalue weighted by Crippen LogP contribution is -2.20. The van der Waals surface area contributed by atoms with E-state index < -0.39 is 0 Å². The second-order valence-electron chi connectivity index (χ2n) is 5.01. The normalized spacial score (nSPS) is 12.2. The summed E-state index contributed by atoms with van der Waals surface area (Å²) in [6, 6.07) is 6.69. The molecule has 0 aliphatic carbocycles. The van der Waals surface area contributed by atoms with Gasteiger partial charge in [-0.3, -0.25) is 0 Å². The van der Waals surface area contributed by atoms with E-state index >= 15 is 0 Å². The fourth-order valence-corrected chi connectivity index (χ4v) is 2.05. The summed E-state index contributed by atoms with van der Waals surface area (Å²) in [5.74, 6) is 1.67. The van der Waals surface area contributed by atoms with E-state index in [1.165, 1.54) is 12.1 Å². The van der Waals surface area contributed by atoms with Gasteiger partial charge in [-0.05, 0) is 44.9 Å². The Bertz CT molecular complexity index is 596. The molecule has 1 atom stereocenters. The van der Waals surface area contributed by atoms with E-state index in [0.29, 0.717) is 11.6 Å². The van der Waals surface area contributed by atoms with Crippen LogP contribution in [-0.4, -0.2) is 16.0 Å². The van der Waals surface area contributed by atoms with Crippen molar-refractivity contribution >= 4 is 11.6 Å². The van der Waals surface area contributed by atoms with E-state index in [2.05, 4.69) is 22.2 Å². The molecule has 20 heavy (non-hydrogen) atoms. The molecule has 2 rings (SSSR count). The number of nitrogens with two attached hydrogens (primary N) is 1. The maximum Gasteiger partial charge on any atom is 0.134 e. The van der Waals surface area contributed by atoms with Crippen LogP contribution in [0, 0.1) is 19.7 Å².